The van der Waals surface area contributed by atoms with Crippen LogP contribution in [0, 0.1) is 6.92 Å². The number of aliphatic hydroxyl groups excluding tert-OH is 1. The number of nitrogens with zero attached hydrogens (tertiary/aromatic N) is 5. The normalized spacial score (nSPS) is 25.0. The zero-order valence-corrected chi connectivity index (χ0v) is 17.0. The molecule has 1 aliphatic carbocycles. The summed E-state index contributed by atoms with van der Waals surface area (Å²) in [6, 6.07) is 5.34. The van der Waals surface area contributed by atoms with Gasteiger partial charge < -0.3 is 15.3 Å². The SMILES string of the molecule is Cc1nccc(NCC2CCCCN2c2ccc(=O)n(C3CCCCC3O)n2)n1. The van der Waals surface area contributed by atoms with E-state index in [9.17, 15) is 9.90 Å². The summed E-state index contributed by atoms with van der Waals surface area (Å²) in [5, 5.41) is 18.5. The standard InChI is InChI=1S/C21H30N6O2/c1-15-22-12-11-19(24-15)23-14-16-6-4-5-13-26(16)20-9-10-21(29)27(25-20)17-7-2-3-8-18(17)28/h9-12,16-18,28H,2-8,13-14H2,1H3,(H,22,23,24). The summed E-state index contributed by atoms with van der Waals surface area (Å²) < 4.78 is 1.52. The molecule has 4 rings (SSSR count). The minimum Gasteiger partial charge on any atom is -0.391 e. The first-order chi connectivity index (χ1) is 14.1. The summed E-state index contributed by atoms with van der Waals surface area (Å²) in [4.78, 5) is 23.3. The number of nitrogens with one attached hydrogen (secondary N) is 1. The van der Waals surface area contributed by atoms with Crippen molar-refractivity contribution in [1.29, 1.82) is 0 Å². The molecule has 1 saturated carbocycles. The van der Waals surface area contributed by atoms with Crippen LogP contribution in [0.3, 0.4) is 0 Å². The number of rotatable bonds is 5. The summed E-state index contributed by atoms with van der Waals surface area (Å²) in [5.74, 6) is 2.38. The highest BCUT2D eigenvalue weighted by Crippen LogP contribution is 2.28. The lowest BCUT2D eigenvalue weighted by Crippen LogP contribution is -2.45. The van der Waals surface area contributed by atoms with Crippen LogP contribution in [0.15, 0.2) is 29.2 Å². The molecular formula is C21H30N6O2. The molecule has 2 aliphatic rings. The number of aliphatic hydroxyl groups is 1. The Bertz CT molecular complexity index is 885. The summed E-state index contributed by atoms with van der Waals surface area (Å²) in [6.45, 7) is 3.54. The van der Waals surface area contributed by atoms with Crippen molar-refractivity contribution >= 4 is 11.6 Å². The maximum Gasteiger partial charge on any atom is 0.267 e. The second-order valence-corrected chi connectivity index (χ2v) is 8.11. The maximum atomic E-state index is 12.5. The van der Waals surface area contributed by atoms with E-state index in [1.165, 1.54) is 11.1 Å². The fraction of sp³-hybridized carbons (Fsp3) is 0.619. The van der Waals surface area contributed by atoms with Gasteiger partial charge in [-0.3, -0.25) is 4.79 Å². The molecule has 2 fully saturated rings. The third-order valence-electron chi connectivity index (χ3n) is 6.04. The van der Waals surface area contributed by atoms with Crippen molar-refractivity contribution in [1.82, 2.24) is 19.7 Å². The van der Waals surface area contributed by atoms with E-state index in [4.69, 9.17) is 5.10 Å². The van der Waals surface area contributed by atoms with Crippen LogP contribution < -0.4 is 15.8 Å². The Labute approximate surface area is 171 Å². The van der Waals surface area contributed by atoms with Gasteiger partial charge in [0, 0.05) is 31.4 Å². The number of piperidine rings is 1. The van der Waals surface area contributed by atoms with Gasteiger partial charge in [-0.05, 0) is 51.2 Å². The molecule has 0 bridgehead atoms. The van der Waals surface area contributed by atoms with Crippen LogP contribution in [-0.2, 0) is 0 Å². The van der Waals surface area contributed by atoms with E-state index in [1.807, 2.05) is 19.1 Å². The minimum absolute atomic E-state index is 0.136. The van der Waals surface area contributed by atoms with Crippen molar-refractivity contribution in [2.45, 2.75) is 70.1 Å². The lowest BCUT2D eigenvalue weighted by molar-refractivity contribution is 0.0669. The Morgan fingerprint density at radius 3 is 2.79 bits per heavy atom. The van der Waals surface area contributed by atoms with E-state index >= 15 is 0 Å². The highest BCUT2D eigenvalue weighted by atomic mass is 16.3. The van der Waals surface area contributed by atoms with Gasteiger partial charge >= 0.3 is 0 Å². The average Bonchev–Trinajstić information content (AvgIpc) is 2.74. The van der Waals surface area contributed by atoms with Crippen LogP contribution in [0.4, 0.5) is 11.6 Å². The van der Waals surface area contributed by atoms with E-state index in [-0.39, 0.29) is 17.6 Å². The molecule has 156 valence electrons. The van der Waals surface area contributed by atoms with Crippen molar-refractivity contribution in [3.05, 3.63) is 40.6 Å². The molecule has 3 atom stereocenters. The first-order valence-electron chi connectivity index (χ1n) is 10.7. The van der Waals surface area contributed by atoms with Crippen LogP contribution in [-0.4, -0.2) is 50.1 Å². The third kappa shape index (κ3) is 4.58. The zero-order valence-electron chi connectivity index (χ0n) is 17.0. The van der Waals surface area contributed by atoms with Crippen molar-refractivity contribution in [3.8, 4) is 0 Å². The van der Waals surface area contributed by atoms with Crippen LogP contribution >= 0.6 is 0 Å². The van der Waals surface area contributed by atoms with Crippen molar-refractivity contribution in [2.75, 3.05) is 23.3 Å². The van der Waals surface area contributed by atoms with Gasteiger partial charge in [0.25, 0.3) is 5.56 Å². The van der Waals surface area contributed by atoms with E-state index in [0.717, 1.165) is 69.1 Å². The van der Waals surface area contributed by atoms with Crippen LogP contribution in [0.5, 0.6) is 0 Å². The van der Waals surface area contributed by atoms with Crippen molar-refractivity contribution in [3.63, 3.8) is 0 Å². The second-order valence-electron chi connectivity index (χ2n) is 8.11. The van der Waals surface area contributed by atoms with Gasteiger partial charge in [0.1, 0.15) is 17.5 Å². The third-order valence-corrected chi connectivity index (χ3v) is 6.04. The molecule has 0 amide bonds. The average molecular weight is 399 g/mol. The fourth-order valence-corrected chi connectivity index (χ4v) is 4.47. The van der Waals surface area contributed by atoms with Crippen LogP contribution in [0.2, 0.25) is 0 Å². The monoisotopic (exact) mass is 398 g/mol. The molecule has 2 N–H and O–H groups in total. The molecule has 0 aromatic carbocycles. The number of hydrogen-bond acceptors (Lipinski definition) is 7. The Morgan fingerprint density at radius 1 is 1.14 bits per heavy atom. The van der Waals surface area contributed by atoms with E-state index in [2.05, 4.69) is 20.2 Å². The Balaban J connectivity index is 1.53. The number of hydrogen-bond donors (Lipinski definition) is 2. The lowest BCUT2D eigenvalue weighted by atomic mass is 9.93. The van der Waals surface area contributed by atoms with E-state index < -0.39 is 6.10 Å². The predicted octanol–water partition coefficient (Wildman–Crippen LogP) is 2.29. The Morgan fingerprint density at radius 2 is 1.97 bits per heavy atom. The first kappa shape index (κ1) is 19.8. The number of aromatic nitrogens is 4. The van der Waals surface area contributed by atoms with Crippen LogP contribution in [0.1, 0.15) is 56.8 Å². The van der Waals surface area contributed by atoms with Gasteiger partial charge in [-0.1, -0.05) is 12.8 Å². The zero-order chi connectivity index (χ0) is 20.2. The molecule has 0 spiro atoms. The van der Waals surface area contributed by atoms with Gasteiger partial charge in [-0.15, -0.1) is 0 Å². The molecule has 1 saturated heterocycles. The lowest BCUT2D eigenvalue weighted by Gasteiger charge is -2.37. The first-order valence-corrected chi connectivity index (χ1v) is 10.7. The molecule has 2 aromatic rings. The number of aryl methyl sites for hydroxylation is 1. The fourth-order valence-electron chi connectivity index (χ4n) is 4.47. The Kier molecular flexibility index (Phi) is 6.08. The largest absolute Gasteiger partial charge is 0.391 e. The highest BCUT2D eigenvalue weighted by molar-refractivity contribution is 5.41. The summed E-state index contributed by atoms with van der Waals surface area (Å²) >= 11 is 0. The van der Waals surface area contributed by atoms with Gasteiger partial charge in [0.15, 0.2) is 0 Å². The smallest absolute Gasteiger partial charge is 0.267 e. The topological polar surface area (TPSA) is 96.2 Å². The molecule has 0 radical (unpaired) electrons. The predicted molar refractivity (Wildman–Crippen MR) is 112 cm³/mol. The van der Waals surface area contributed by atoms with Gasteiger partial charge in [0.2, 0.25) is 0 Å². The molecule has 2 aromatic heterocycles. The summed E-state index contributed by atoms with van der Waals surface area (Å²) in [7, 11) is 0. The Hall–Kier alpha value is -2.48. The maximum absolute atomic E-state index is 12.5. The molecule has 1 aliphatic heterocycles. The summed E-state index contributed by atoms with van der Waals surface area (Å²) in [6.07, 6.45) is 8.17. The van der Waals surface area contributed by atoms with Gasteiger partial charge in [-0.2, -0.15) is 5.10 Å². The van der Waals surface area contributed by atoms with Crippen molar-refractivity contribution < 1.29 is 5.11 Å². The number of anilines is 2. The minimum atomic E-state index is -0.496. The molecule has 3 heterocycles. The molecule has 29 heavy (non-hydrogen) atoms. The van der Waals surface area contributed by atoms with Gasteiger partial charge in [-0.25, -0.2) is 14.6 Å². The second kappa shape index (κ2) is 8.90. The summed E-state index contributed by atoms with van der Waals surface area (Å²) in [5.41, 5.74) is -0.136. The quantitative estimate of drug-likeness (QED) is 0.798. The molecule has 3 unspecified atom stereocenters. The van der Waals surface area contributed by atoms with Crippen molar-refractivity contribution in [2.24, 2.45) is 0 Å². The molecule has 8 nitrogen and oxygen atoms in total. The van der Waals surface area contributed by atoms with Crippen LogP contribution in [0.25, 0.3) is 0 Å². The van der Waals surface area contributed by atoms with E-state index in [1.54, 1.807) is 12.3 Å². The van der Waals surface area contributed by atoms with E-state index in [0.29, 0.717) is 0 Å². The molecule has 8 heteroatoms. The van der Waals surface area contributed by atoms with Gasteiger partial charge in [0.05, 0.1) is 12.1 Å². The highest BCUT2D eigenvalue weighted by Gasteiger charge is 2.28. The molecular weight excluding hydrogens is 368 g/mol.